The molecule has 0 radical (unpaired) electrons. The highest BCUT2D eigenvalue weighted by Crippen LogP contribution is 2.41. The van der Waals surface area contributed by atoms with Crippen LogP contribution in [-0.4, -0.2) is 45.9 Å². The minimum absolute atomic E-state index is 0.00471. The number of amides is 2. The molecule has 0 atom stereocenters. The summed E-state index contributed by atoms with van der Waals surface area (Å²) < 4.78 is 43.7. The van der Waals surface area contributed by atoms with E-state index in [1.807, 2.05) is 38.1 Å². The average Bonchev–Trinajstić information content (AvgIpc) is 3.51. The summed E-state index contributed by atoms with van der Waals surface area (Å²) in [4.78, 5) is 31.3. The fourth-order valence-electron chi connectivity index (χ4n) is 5.00. The van der Waals surface area contributed by atoms with Gasteiger partial charge in [0.2, 0.25) is 0 Å². The molecule has 2 amide bonds. The molecule has 2 N–H and O–H groups in total. The van der Waals surface area contributed by atoms with Gasteiger partial charge in [0, 0.05) is 52.9 Å². The van der Waals surface area contributed by atoms with Gasteiger partial charge < -0.3 is 14.5 Å². The van der Waals surface area contributed by atoms with E-state index < -0.39 is 23.6 Å². The highest BCUT2D eigenvalue weighted by atomic mass is 19.4. The van der Waals surface area contributed by atoms with Crippen LogP contribution in [0.1, 0.15) is 30.5 Å². The smallest absolute Gasteiger partial charge is 0.361 e. The van der Waals surface area contributed by atoms with Crippen LogP contribution in [0.25, 0.3) is 33.0 Å². The van der Waals surface area contributed by atoms with Crippen LogP contribution < -0.4 is 5.32 Å². The predicted molar refractivity (Wildman–Crippen MR) is 133 cm³/mol. The molecule has 0 saturated heterocycles. The number of para-hydroxylation sites is 2. The maximum absolute atomic E-state index is 14.1. The summed E-state index contributed by atoms with van der Waals surface area (Å²) in [5, 5.41) is 3.38. The summed E-state index contributed by atoms with van der Waals surface area (Å²) in [6.07, 6.45) is -1.35. The van der Waals surface area contributed by atoms with Gasteiger partial charge in [0.05, 0.1) is 22.2 Å². The number of fused-ring (bicyclic) bond motifs is 2. The molecule has 0 saturated carbocycles. The molecule has 5 rings (SSSR count). The molecule has 0 unspecified atom stereocenters. The number of H-pyrrole nitrogens is 1. The number of carbonyl (C=O) groups excluding carboxylic acids is 2. The van der Waals surface area contributed by atoms with E-state index >= 15 is 0 Å². The Balaban J connectivity index is 1.77. The highest BCUT2D eigenvalue weighted by Gasteiger charge is 2.38. The van der Waals surface area contributed by atoms with E-state index in [-0.39, 0.29) is 22.0 Å². The first-order chi connectivity index (χ1) is 17.2. The Morgan fingerprint density at radius 1 is 0.889 bits per heavy atom. The lowest BCUT2D eigenvalue weighted by Gasteiger charge is -2.19. The number of likely N-dealkylation sites (N-methyl/N-ethyl adjacent to an activating group) is 1. The third-order valence-electron chi connectivity index (χ3n) is 6.81. The summed E-state index contributed by atoms with van der Waals surface area (Å²) in [6, 6.07) is 11.3. The van der Waals surface area contributed by atoms with Crippen molar-refractivity contribution in [2.75, 3.05) is 19.6 Å². The molecule has 2 aromatic heterocycles. The molecule has 6 nitrogen and oxygen atoms in total. The van der Waals surface area contributed by atoms with Crippen molar-refractivity contribution in [3.8, 4) is 0 Å². The fraction of sp³-hybridized carbons (Fsp3) is 0.259. The first-order valence-corrected chi connectivity index (χ1v) is 11.8. The van der Waals surface area contributed by atoms with E-state index in [0.29, 0.717) is 24.2 Å². The van der Waals surface area contributed by atoms with Gasteiger partial charge in [-0.3, -0.25) is 14.9 Å². The molecule has 0 bridgehead atoms. The van der Waals surface area contributed by atoms with Crippen molar-refractivity contribution >= 4 is 44.8 Å². The molecule has 1 aliphatic heterocycles. The van der Waals surface area contributed by atoms with E-state index in [1.165, 1.54) is 6.07 Å². The first kappa shape index (κ1) is 23.9. The monoisotopic (exact) mass is 494 g/mol. The number of nitrogens with zero attached hydrogens (tertiary/aromatic N) is 2. The molecule has 0 fully saturated rings. The van der Waals surface area contributed by atoms with E-state index in [0.717, 1.165) is 30.1 Å². The molecule has 4 aromatic rings. The summed E-state index contributed by atoms with van der Waals surface area (Å²) in [7, 11) is 0. The van der Waals surface area contributed by atoms with Gasteiger partial charge in [-0.15, -0.1) is 0 Å². The zero-order valence-electron chi connectivity index (χ0n) is 19.9. The quantitative estimate of drug-likeness (QED) is 0.353. The van der Waals surface area contributed by atoms with E-state index in [4.69, 9.17) is 0 Å². The SMILES string of the molecule is CCN(CC)CCn1cc(C2=C(c3c[nH]c4ccccc34)C(=O)NC2=O)c2cccc(C(F)(F)F)c21. The number of hydrogen-bond donors (Lipinski definition) is 2. The molecule has 186 valence electrons. The molecular weight excluding hydrogens is 469 g/mol. The first-order valence-electron chi connectivity index (χ1n) is 11.8. The zero-order chi connectivity index (χ0) is 25.6. The molecule has 2 aromatic carbocycles. The van der Waals surface area contributed by atoms with Crippen LogP contribution in [0.5, 0.6) is 0 Å². The van der Waals surface area contributed by atoms with Crippen LogP contribution in [0.3, 0.4) is 0 Å². The van der Waals surface area contributed by atoms with Gasteiger partial charge in [0.15, 0.2) is 0 Å². The molecule has 3 heterocycles. The molecular formula is C27H25F3N4O2. The number of nitrogens with one attached hydrogen (secondary N) is 2. The van der Waals surface area contributed by atoms with Crippen LogP contribution in [0, 0.1) is 0 Å². The highest BCUT2D eigenvalue weighted by molar-refractivity contribution is 6.50. The minimum Gasteiger partial charge on any atom is -0.361 e. The summed E-state index contributed by atoms with van der Waals surface area (Å²) >= 11 is 0. The molecule has 0 aliphatic carbocycles. The summed E-state index contributed by atoms with van der Waals surface area (Å²) in [6.45, 7) is 6.37. The maximum atomic E-state index is 14.1. The number of halogens is 3. The van der Waals surface area contributed by atoms with Crippen molar-refractivity contribution in [2.45, 2.75) is 26.6 Å². The third-order valence-corrected chi connectivity index (χ3v) is 6.81. The Hall–Kier alpha value is -3.85. The van der Waals surface area contributed by atoms with Crippen molar-refractivity contribution in [1.29, 1.82) is 0 Å². The lowest BCUT2D eigenvalue weighted by Crippen LogP contribution is -2.27. The number of alkyl halides is 3. The minimum atomic E-state index is -4.58. The van der Waals surface area contributed by atoms with Crippen molar-refractivity contribution < 1.29 is 22.8 Å². The Morgan fingerprint density at radius 2 is 1.56 bits per heavy atom. The molecule has 0 spiro atoms. The van der Waals surface area contributed by atoms with Crippen molar-refractivity contribution in [3.05, 3.63) is 71.5 Å². The van der Waals surface area contributed by atoms with Crippen LogP contribution >= 0.6 is 0 Å². The van der Waals surface area contributed by atoms with Crippen LogP contribution in [-0.2, 0) is 22.3 Å². The lowest BCUT2D eigenvalue weighted by molar-refractivity contribution is -0.136. The van der Waals surface area contributed by atoms with Gasteiger partial charge in [-0.1, -0.05) is 44.2 Å². The Morgan fingerprint density at radius 3 is 2.25 bits per heavy atom. The summed E-state index contributed by atoms with van der Waals surface area (Å²) in [5.41, 5.74) is 1.08. The van der Waals surface area contributed by atoms with E-state index in [9.17, 15) is 22.8 Å². The standard InChI is InChI=1S/C27H25F3N4O2/c1-3-33(4-2)12-13-34-15-19(17-9-7-10-20(24(17)34)27(28,29)30)23-22(25(35)32-26(23)36)18-14-31-21-11-6-5-8-16(18)21/h5-11,14-15,31H,3-4,12-13H2,1-2H3,(H,32,35,36). The second kappa shape index (κ2) is 8.98. The Bertz CT molecular complexity index is 1520. The van der Waals surface area contributed by atoms with Crippen molar-refractivity contribution in [3.63, 3.8) is 0 Å². The number of benzene rings is 2. The van der Waals surface area contributed by atoms with Gasteiger partial charge in [0.1, 0.15) is 0 Å². The Labute approximate surface area is 205 Å². The zero-order valence-corrected chi connectivity index (χ0v) is 19.9. The normalized spacial score (nSPS) is 14.6. The van der Waals surface area contributed by atoms with Crippen molar-refractivity contribution in [2.24, 2.45) is 0 Å². The summed E-state index contributed by atoms with van der Waals surface area (Å²) in [5.74, 6) is -1.20. The second-order valence-electron chi connectivity index (χ2n) is 8.74. The molecule has 1 aliphatic rings. The van der Waals surface area contributed by atoms with Gasteiger partial charge in [-0.05, 0) is 25.2 Å². The molecule has 9 heteroatoms. The van der Waals surface area contributed by atoms with Gasteiger partial charge in [-0.25, -0.2) is 0 Å². The predicted octanol–water partition coefficient (Wildman–Crippen LogP) is 5.05. The van der Waals surface area contributed by atoms with Crippen LogP contribution in [0.15, 0.2) is 54.9 Å². The van der Waals surface area contributed by atoms with E-state index in [1.54, 1.807) is 23.0 Å². The largest absolute Gasteiger partial charge is 0.418 e. The van der Waals surface area contributed by atoms with Crippen LogP contribution in [0.4, 0.5) is 13.2 Å². The number of aromatic nitrogens is 2. The van der Waals surface area contributed by atoms with Crippen LogP contribution in [0.2, 0.25) is 0 Å². The Kier molecular flexibility index (Phi) is 5.96. The number of imide groups is 1. The van der Waals surface area contributed by atoms with Crippen molar-refractivity contribution in [1.82, 2.24) is 19.8 Å². The fourth-order valence-corrected chi connectivity index (χ4v) is 5.00. The number of rotatable bonds is 7. The van der Waals surface area contributed by atoms with Gasteiger partial charge >= 0.3 is 6.18 Å². The number of aromatic amines is 1. The maximum Gasteiger partial charge on any atom is 0.418 e. The number of carbonyl (C=O) groups is 2. The van der Waals surface area contributed by atoms with Gasteiger partial charge in [0.25, 0.3) is 11.8 Å². The van der Waals surface area contributed by atoms with Gasteiger partial charge in [-0.2, -0.15) is 13.2 Å². The average molecular weight is 495 g/mol. The third kappa shape index (κ3) is 3.89. The molecule has 36 heavy (non-hydrogen) atoms. The second-order valence-corrected chi connectivity index (χ2v) is 8.74. The van der Waals surface area contributed by atoms with E-state index in [2.05, 4.69) is 15.2 Å². The topological polar surface area (TPSA) is 70.1 Å². The lowest BCUT2D eigenvalue weighted by atomic mass is 9.95. The number of hydrogen-bond acceptors (Lipinski definition) is 3.